The van der Waals surface area contributed by atoms with Gasteiger partial charge < -0.3 is 15.4 Å². The number of hydrogen-bond donors (Lipinski definition) is 2. The molecule has 9 heteroatoms. The minimum absolute atomic E-state index is 0.0679. The summed E-state index contributed by atoms with van der Waals surface area (Å²) in [5.41, 5.74) is 3.37. The molecular weight excluding hydrogens is 372 g/mol. The molecule has 0 unspecified atom stereocenters. The van der Waals surface area contributed by atoms with Gasteiger partial charge in [0.25, 0.3) is 11.7 Å². The number of nitrogens with one attached hydrogen (secondary N) is 2. The van der Waals surface area contributed by atoms with Crippen LogP contribution >= 0.6 is 0 Å². The second-order valence-electron chi connectivity index (χ2n) is 6.55. The number of ether oxygens (including phenoxy) is 1. The summed E-state index contributed by atoms with van der Waals surface area (Å²) in [4.78, 5) is 32.4. The van der Waals surface area contributed by atoms with E-state index in [-0.39, 0.29) is 18.4 Å². The normalized spacial score (nSPS) is 10.7. The van der Waals surface area contributed by atoms with Crippen molar-refractivity contribution in [1.29, 1.82) is 0 Å². The van der Waals surface area contributed by atoms with Crippen LogP contribution < -0.4 is 15.4 Å². The van der Waals surface area contributed by atoms with E-state index in [9.17, 15) is 9.59 Å². The lowest BCUT2D eigenvalue weighted by Crippen LogP contribution is -2.28. The minimum Gasteiger partial charge on any atom is -0.484 e. The van der Waals surface area contributed by atoms with Gasteiger partial charge in [0, 0.05) is 36.1 Å². The molecule has 0 fully saturated rings. The van der Waals surface area contributed by atoms with E-state index < -0.39 is 0 Å². The fraction of sp³-hybridized carbons (Fsp3) is 0.350. The molecule has 0 spiro atoms. The zero-order valence-corrected chi connectivity index (χ0v) is 16.7. The van der Waals surface area contributed by atoms with E-state index in [0.29, 0.717) is 36.6 Å². The Morgan fingerprint density at radius 1 is 1.21 bits per heavy atom. The van der Waals surface area contributed by atoms with Crippen LogP contribution in [-0.4, -0.2) is 44.5 Å². The van der Waals surface area contributed by atoms with Crippen molar-refractivity contribution < 1.29 is 14.3 Å². The van der Waals surface area contributed by atoms with Crippen molar-refractivity contribution in [2.24, 2.45) is 0 Å². The van der Waals surface area contributed by atoms with Gasteiger partial charge >= 0.3 is 0 Å². The zero-order valence-electron chi connectivity index (χ0n) is 16.7. The van der Waals surface area contributed by atoms with Gasteiger partial charge in [-0.2, -0.15) is 10.1 Å². The first-order valence-electron chi connectivity index (χ1n) is 9.43. The molecule has 0 aliphatic heterocycles. The van der Waals surface area contributed by atoms with Crippen molar-refractivity contribution in [2.45, 2.75) is 33.6 Å². The average Bonchev–Trinajstić information content (AvgIpc) is 3.15. The van der Waals surface area contributed by atoms with E-state index >= 15 is 0 Å². The van der Waals surface area contributed by atoms with Crippen molar-refractivity contribution in [1.82, 2.24) is 24.9 Å². The maximum Gasteiger partial charge on any atom is 0.257 e. The number of anilines is 1. The second kappa shape index (κ2) is 9.13. The van der Waals surface area contributed by atoms with Crippen LogP contribution in [0.5, 0.6) is 5.75 Å². The summed E-state index contributed by atoms with van der Waals surface area (Å²) in [6, 6.07) is 6.97. The van der Waals surface area contributed by atoms with Crippen LogP contribution in [0.25, 0.3) is 5.78 Å². The largest absolute Gasteiger partial charge is 0.484 e. The van der Waals surface area contributed by atoms with Crippen LogP contribution in [-0.2, 0) is 16.0 Å². The van der Waals surface area contributed by atoms with E-state index in [1.807, 2.05) is 20.8 Å². The highest BCUT2D eigenvalue weighted by atomic mass is 16.5. The van der Waals surface area contributed by atoms with Gasteiger partial charge in [-0.05, 0) is 44.9 Å². The summed E-state index contributed by atoms with van der Waals surface area (Å²) in [7, 11) is 0. The summed E-state index contributed by atoms with van der Waals surface area (Å²) in [5.74, 6) is 0.758. The number of benzene rings is 1. The van der Waals surface area contributed by atoms with Crippen LogP contribution in [0.2, 0.25) is 0 Å². The molecule has 0 saturated carbocycles. The number of carbonyl (C=O) groups is 2. The highest BCUT2D eigenvalue weighted by molar-refractivity contribution is 5.91. The molecule has 0 atom stereocenters. The average molecular weight is 396 g/mol. The van der Waals surface area contributed by atoms with Crippen LogP contribution in [0.3, 0.4) is 0 Å². The van der Waals surface area contributed by atoms with Crippen molar-refractivity contribution in [3.63, 3.8) is 0 Å². The molecule has 2 aromatic heterocycles. The molecule has 0 bridgehead atoms. The fourth-order valence-corrected chi connectivity index (χ4v) is 3.04. The Hall–Kier alpha value is -3.49. The molecule has 0 aliphatic rings. The number of amides is 2. The third-order valence-electron chi connectivity index (χ3n) is 4.45. The summed E-state index contributed by atoms with van der Waals surface area (Å²) in [5, 5.41) is 9.69. The molecule has 9 nitrogen and oxygen atoms in total. The molecule has 3 aromatic rings. The van der Waals surface area contributed by atoms with Gasteiger partial charge in [0.05, 0.1) is 0 Å². The molecule has 2 N–H and O–H groups in total. The first kappa shape index (κ1) is 20.2. The summed E-state index contributed by atoms with van der Waals surface area (Å²) in [6.45, 7) is 6.18. The van der Waals surface area contributed by atoms with Gasteiger partial charge in [-0.15, -0.1) is 0 Å². The molecule has 29 heavy (non-hydrogen) atoms. The Balaban J connectivity index is 1.59. The lowest BCUT2D eigenvalue weighted by molar-refractivity contribution is -0.123. The predicted molar refractivity (Wildman–Crippen MR) is 108 cm³/mol. The Bertz CT molecular complexity index is 1030. The zero-order chi connectivity index (χ0) is 20.8. The third kappa shape index (κ3) is 5.07. The fourth-order valence-electron chi connectivity index (χ4n) is 3.04. The van der Waals surface area contributed by atoms with Gasteiger partial charge in [0.2, 0.25) is 5.91 Å². The summed E-state index contributed by atoms with van der Waals surface area (Å²) in [6.07, 6.45) is 2.30. The van der Waals surface area contributed by atoms with Gasteiger partial charge in [0.1, 0.15) is 12.1 Å². The van der Waals surface area contributed by atoms with Gasteiger partial charge in [-0.25, -0.2) is 9.50 Å². The molecule has 2 heterocycles. The number of rotatable bonds is 8. The maximum absolute atomic E-state index is 12.4. The number of aromatic nitrogens is 4. The minimum atomic E-state index is -0.189. The predicted octanol–water partition coefficient (Wildman–Crippen LogP) is 1.83. The summed E-state index contributed by atoms with van der Waals surface area (Å²) >= 11 is 0. The highest BCUT2D eigenvalue weighted by Gasteiger charge is 2.13. The van der Waals surface area contributed by atoms with Gasteiger partial charge in [-0.3, -0.25) is 9.59 Å². The number of carbonyl (C=O) groups excluding carboxylic acids is 2. The van der Waals surface area contributed by atoms with Gasteiger partial charge in [0.15, 0.2) is 6.61 Å². The molecule has 3 rings (SSSR count). The van der Waals surface area contributed by atoms with Crippen molar-refractivity contribution in [3.05, 3.63) is 47.5 Å². The lowest BCUT2D eigenvalue weighted by atomic mass is 10.1. The van der Waals surface area contributed by atoms with E-state index in [4.69, 9.17) is 4.74 Å². The van der Waals surface area contributed by atoms with E-state index in [1.54, 1.807) is 28.8 Å². The Morgan fingerprint density at radius 2 is 2.03 bits per heavy atom. The van der Waals surface area contributed by atoms with E-state index in [1.165, 1.54) is 6.33 Å². The maximum atomic E-state index is 12.4. The Morgan fingerprint density at radius 3 is 2.83 bits per heavy atom. The second-order valence-corrected chi connectivity index (χ2v) is 6.55. The number of fused-ring (bicyclic) bond motifs is 1. The highest BCUT2D eigenvalue weighted by Crippen LogP contribution is 2.19. The summed E-state index contributed by atoms with van der Waals surface area (Å²) < 4.78 is 7.13. The van der Waals surface area contributed by atoms with E-state index in [0.717, 1.165) is 17.0 Å². The molecule has 2 amide bonds. The van der Waals surface area contributed by atoms with E-state index in [2.05, 4.69) is 25.7 Å². The molecule has 1 aromatic carbocycles. The van der Waals surface area contributed by atoms with Gasteiger partial charge in [-0.1, -0.05) is 6.07 Å². The SMILES string of the molecule is CCNC(=O)COc1cccc(NC(=O)CCc2c(C)nc3ncnn3c2C)c1. The van der Waals surface area contributed by atoms with Crippen molar-refractivity contribution in [3.8, 4) is 5.75 Å². The Labute approximate surface area is 168 Å². The first-order valence-corrected chi connectivity index (χ1v) is 9.43. The smallest absolute Gasteiger partial charge is 0.257 e. The van der Waals surface area contributed by atoms with Crippen LogP contribution in [0, 0.1) is 13.8 Å². The number of likely N-dealkylation sites (N-methyl/N-ethyl adjacent to an activating group) is 1. The first-order chi connectivity index (χ1) is 14.0. The lowest BCUT2D eigenvalue weighted by Gasteiger charge is -2.11. The molecular formula is C20H24N6O3. The van der Waals surface area contributed by atoms with Crippen LogP contribution in [0.15, 0.2) is 30.6 Å². The molecule has 0 radical (unpaired) electrons. The Kier molecular flexibility index (Phi) is 6.38. The quantitative estimate of drug-likeness (QED) is 0.601. The molecule has 0 aliphatic carbocycles. The van der Waals surface area contributed by atoms with Crippen molar-refractivity contribution in [2.75, 3.05) is 18.5 Å². The topological polar surface area (TPSA) is 111 Å². The van der Waals surface area contributed by atoms with Crippen molar-refractivity contribution >= 4 is 23.3 Å². The number of hydrogen-bond acceptors (Lipinski definition) is 6. The van der Waals surface area contributed by atoms with Crippen LogP contribution in [0.4, 0.5) is 5.69 Å². The standard InChI is InChI=1S/C20H24N6O3/c1-4-21-19(28)11-29-16-7-5-6-15(10-16)25-18(27)9-8-17-13(2)24-20-22-12-23-26(20)14(17)3/h5-7,10,12H,4,8-9,11H2,1-3H3,(H,21,28)(H,25,27). The third-order valence-corrected chi connectivity index (χ3v) is 4.45. The van der Waals surface area contributed by atoms with Crippen LogP contribution in [0.1, 0.15) is 30.3 Å². The molecule has 152 valence electrons. The monoisotopic (exact) mass is 396 g/mol. The molecule has 0 saturated heterocycles. The number of aryl methyl sites for hydroxylation is 2. The number of nitrogens with zero attached hydrogens (tertiary/aromatic N) is 4.